The zero-order valence-corrected chi connectivity index (χ0v) is 14.4. The van der Waals surface area contributed by atoms with Crippen LogP contribution >= 0.6 is 0 Å². The number of piperazine rings is 1. The average Bonchev–Trinajstić information content (AvgIpc) is 2.49. The summed E-state index contributed by atoms with van der Waals surface area (Å²) in [5, 5.41) is 0. The molecule has 1 heterocycles. The molecule has 0 amide bonds. The summed E-state index contributed by atoms with van der Waals surface area (Å²) in [5.74, 6) is 0.161. The first-order chi connectivity index (χ1) is 10.5. The molecule has 1 fully saturated rings. The second kappa shape index (κ2) is 7.83. The first-order valence-electron chi connectivity index (χ1n) is 8.12. The lowest BCUT2D eigenvalue weighted by Gasteiger charge is -2.36. The summed E-state index contributed by atoms with van der Waals surface area (Å²) >= 11 is 0. The Morgan fingerprint density at radius 3 is 2.18 bits per heavy atom. The zero-order chi connectivity index (χ0) is 16.0. The van der Waals surface area contributed by atoms with Crippen molar-refractivity contribution < 1.29 is 8.42 Å². The molecule has 22 heavy (non-hydrogen) atoms. The van der Waals surface area contributed by atoms with Crippen LogP contribution in [0.5, 0.6) is 0 Å². The van der Waals surface area contributed by atoms with E-state index in [-0.39, 0.29) is 5.75 Å². The fraction of sp³-hybridized carbons (Fsp3) is 0.625. The number of benzene rings is 1. The molecule has 1 aliphatic rings. The summed E-state index contributed by atoms with van der Waals surface area (Å²) in [5.41, 5.74) is 1.80. The molecular formula is C16H27N3O2S. The summed E-state index contributed by atoms with van der Waals surface area (Å²) in [7, 11) is -3.21. The Kier molecular flexibility index (Phi) is 6.08. The van der Waals surface area contributed by atoms with Gasteiger partial charge in [-0.2, -0.15) is 0 Å². The molecule has 6 heteroatoms. The van der Waals surface area contributed by atoms with Crippen molar-refractivity contribution in [1.29, 1.82) is 0 Å². The maximum atomic E-state index is 11.8. The van der Waals surface area contributed by atoms with Crippen LogP contribution in [0.3, 0.4) is 0 Å². The third-order valence-corrected chi connectivity index (χ3v) is 5.38. The van der Waals surface area contributed by atoms with E-state index in [0.717, 1.165) is 31.9 Å². The first kappa shape index (κ1) is 17.1. The number of hydrogen-bond donors (Lipinski definition) is 1. The van der Waals surface area contributed by atoms with Crippen LogP contribution in [0.15, 0.2) is 24.3 Å². The lowest BCUT2D eigenvalue weighted by atomic mass is 10.2. The van der Waals surface area contributed by atoms with E-state index in [0.29, 0.717) is 12.1 Å². The molecule has 2 rings (SSSR count). The molecule has 0 radical (unpaired) electrons. The van der Waals surface area contributed by atoms with E-state index in [1.165, 1.54) is 13.0 Å². The number of anilines is 2. The van der Waals surface area contributed by atoms with Crippen LogP contribution in [0.1, 0.15) is 26.7 Å². The van der Waals surface area contributed by atoms with Gasteiger partial charge in [0.1, 0.15) is 0 Å². The summed E-state index contributed by atoms with van der Waals surface area (Å²) in [6.45, 7) is 9.50. The molecule has 0 unspecified atom stereocenters. The van der Waals surface area contributed by atoms with Crippen LogP contribution in [-0.2, 0) is 10.0 Å². The second-order valence-corrected chi connectivity index (χ2v) is 7.64. The van der Waals surface area contributed by atoms with Gasteiger partial charge in [0.15, 0.2) is 0 Å². The molecule has 1 saturated heterocycles. The second-order valence-electron chi connectivity index (χ2n) is 5.80. The SMILES string of the molecule is CCCN1CCN(c2ccc(NS(=O)(=O)CCC)cc2)CC1. The van der Waals surface area contributed by atoms with Crippen molar-refractivity contribution >= 4 is 21.4 Å². The highest BCUT2D eigenvalue weighted by atomic mass is 32.2. The third kappa shape index (κ3) is 4.88. The number of nitrogens with one attached hydrogen (secondary N) is 1. The van der Waals surface area contributed by atoms with Crippen LogP contribution in [0.2, 0.25) is 0 Å². The van der Waals surface area contributed by atoms with Crippen LogP contribution in [0, 0.1) is 0 Å². The largest absolute Gasteiger partial charge is 0.369 e. The molecule has 1 N–H and O–H groups in total. The molecule has 0 aromatic heterocycles. The highest BCUT2D eigenvalue weighted by Crippen LogP contribution is 2.20. The molecule has 5 nitrogen and oxygen atoms in total. The third-order valence-electron chi connectivity index (χ3n) is 3.89. The van der Waals surface area contributed by atoms with E-state index in [4.69, 9.17) is 0 Å². The van der Waals surface area contributed by atoms with Gasteiger partial charge in [-0.05, 0) is 43.7 Å². The normalized spacial score (nSPS) is 16.7. The lowest BCUT2D eigenvalue weighted by molar-refractivity contribution is 0.258. The quantitative estimate of drug-likeness (QED) is 0.836. The van der Waals surface area contributed by atoms with Gasteiger partial charge in [0, 0.05) is 37.6 Å². The minimum absolute atomic E-state index is 0.161. The number of sulfonamides is 1. The Morgan fingerprint density at radius 2 is 1.64 bits per heavy atom. The Labute approximate surface area is 134 Å². The fourth-order valence-corrected chi connectivity index (χ4v) is 3.92. The Morgan fingerprint density at radius 1 is 1.00 bits per heavy atom. The number of nitrogens with zero attached hydrogens (tertiary/aromatic N) is 2. The van der Waals surface area contributed by atoms with E-state index in [9.17, 15) is 8.42 Å². The smallest absolute Gasteiger partial charge is 0.232 e. The summed E-state index contributed by atoms with van der Waals surface area (Å²) in [6, 6.07) is 7.69. The monoisotopic (exact) mass is 325 g/mol. The van der Waals surface area contributed by atoms with Gasteiger partial charge >= 0.3 is 0 Å². The lowest BCUT2D eigenvalue weighted by Crippen LogP contribution is -2.46. The molecule has 1 aliphatic heterocycles. The Hall–Kier alpha value is -1.27. The summed E-state index contributed by atoms with van der Waals surface area (Å²) < 4.78 is 26.1. The maximum Gasteiger partial charge on any atom is 0.232 e. The van der Waals surface area contributed by atoms with E-state index < -0.39 is 10.0 Å². The summed E-state index contributed by atoms with van der Waals surface area (Å²) in [4.78, 5) is 4.85. The average molecular weight is 325 g/mol. The minimum atomic E-state index is -3.21. The van der Waals surface area contributed by atoms with Crippen molar-refractivity contribution in [2.45, 2.75) is 26.7 Å². The van der Waals surface area contributed by atoms with E-state index in [1.807, 2.05) is 31.2 Å². The number of hydrogen-bond acceptors (Lipinski definition) is 4. The fourth-order valence-electron chi connectivity index (χ4n) is 2.79. The predicted molar refractivity (Wildman–Crippen MR) is 93.1 cm³/mol. The van der Waals surface area contributed by atoms with Crippen molar-refractivity contribution in [3.05, 3.63) is 24.3 Å². The van der Waals surface area contributed by atoms with Crippen LogP contribution in [0.4, 0.5) is 11.4 Å². The maximum absolute atomic E-state index is 11.8. The predicted octanol–water partition coefficient (Wildman–Crippen LogP) is 2.37. The Balaban J connectivity index is 1.92. The van der Waals surface area contributed by atoms with Gasteiger partial charge in [0.2, 0.25) is 10.0 Å². The van der Waals surface area contributed by atoms with E-state index in [2.05, 4.69) is 21.4 Å². The standard InChI is InChI=1S/C16H27N3O2S/c1-3-9-18-10-12-19(13-11-18)16-7-5-15(6-8-16)17-22(20,21)14-4-2/h5-8,17H,3-4,9-14H2,1-2H3. The first-order valence-corrected chi connectivity index (χ1v) is 9.77. The van der Waals surface area contributed by atoms with Gasteiger partial charge in [0.05, 0.1) is 5.75 Å². The molecule has 0 aliphatic carbocycles. The van der Waals surface area contributed by atoms with Crippen molar-refractivity contribution in [2.24, 2.45) is 0 Å². The van der Waals surface area contributed by atoms with Crippen LogP contribution in [-0.4, -0.2) is 51.8 Å². The van der Waals surface area contributed by atoms with Crippen molar-refractivity contribution in [3.63, 3.8) is 0 Å². The topological polar surface area (TPSA) is 52.6 Å². The van der Waals surface area contributed by atoms with Gasteiger partial charge in [-0.1, -0.05) is 13.8 Å². The van der Waals surface area contributed by atoms with E-state index >= 15 is 0 Å². The van der Waals surface area contributed by atoms with Gasteiger partial charge < -0.3 is 4.90 Å². The van der Waals surface area contributed by atoms with Crippen molar-refractivity contribution in [3.8, 4) is 0 Å². The van der Waals surface area contributed by atoms with Crippen molar-refractivity contribution in [1.82, 2.24) is 4.90 Å². The molecule has 124 valence electrons. The minimum Gasteiger partial charge on any atom is -0.369 e. The summed E-state index contributed by atoms with van der Waals surface area (Å²) in [6.07, 6.45) is 1.82. The molecular weight excluding hydrogens is 298 g/mol. The van der Waals surface area contributed by atoms with E-state index in [1.54, 1.807) is 0 Å². The zero-order valence-electron chi connectivity index (χ0n) is 13.6. The van der Waals surface area contributed by atoms with Gasteiger partial charge in [-0.15, -0.1) is 0 Å². The van der Waals surface area contributed by atoms with Crippen LogP contribution < -0.4 is 9.62 Å². The van der Waals surface area contributed by atoms with Gasteiger partial charge in [0.25, 0.3) is 0 Å². The molecule has 0 bridgehead atoms. The van der Waals surface area contributed by atoms with Gasteiger partial charge in [-0.3, -0.25) is 9.62 Å². The highest BCUT2D eigenvalue weighted by molar-refractivity contribution is 7.92. The molecule has 1 aromatic carbocycles. The highest BCUT2D eigenvalue weighted by Gasteiger charge is 2.16. The van der Waals surface area contributed by atoms with Crippen molar-refractivity contribution in [2.75, 3.05) is 48.1 Å². The molecule has 0 saturated carbocycles. The van der Waals surface area contributed by atoms with Gasteiger partial charge in [-0.25, -0.2) is 8.42 Å². The molecule has 0 atom stereocenters. The Bertz CT molecular complexity index is 549. The molecule has 1 aromatic rings. The number of rotatable bonds is 7. The van der Waals surface area contributed by atoms with Crippen LogP contribution in [0.25, 0.3) is 0 Å². The molecule has 0 spiro atoms.